The van der Waals surface area contributed by atoms with Gasteiger partial charge in [0.15, 0.2) is 0 Å². The van der Waals surface area contributed by atoms with Crippen LogP contribution in [0.1, 0.15) is 44.2 Å². The minimum absolute atomic E-state index is 0.135. The lowest BCUT2D eigenvalue weighted by Crippen LogP contribution is -2.34. The van der Waals surface area contributed by atoms with Crippen molar-refractivity contribution in [3.8, 4) is 5.75 Å². The van der Waals surface area contributed by atoms with Gasteiger partial charge in [-0.15, -0.1) is 0 Å². The van der Waals surface area contributed by atoms with Gasteiger partial charge in [0.25, 0.3) is 0 Å². The fourth-order valence-corrected chi connectivity index (χ4v) is 3.10. The molecule has 2 rings (SSSR count). The van der Waals surface area contributed by atoms with E-state index in [1.165, 1.54) is 24.0 Å². The molecule has 0 bridgehead atoms. The van der Waals surface area contributed by atoms with Crippen LogP contribution >= 0.6 is 0 Å². The molecule has 1 aliphatic carbocycles. The minimum atomic E-state index is 0.135. The highest BCUT2D eigenvalue weighted by Crippen LogP contribution is 2.41. The van der Waals surface area contributed by atoms with Gasteiger partial charge in [-0.05, 0) is 54.4 Å². The van der Waals surface area contributed by atoms with Gasteiger partial charge in [0.1, 0.15) is 5.75 Å². The van der Waals surface area contributed by atoms with Gasteiger partial charge in [0, 0.05) is 20.5 Å². The van der Waals surface area contributed by atoms with Crippen LogP contribution in [0.15, 0.2) is 18.2 Å². The number of nitrogens with zero attached hydrogens (tertiary/aromatic N) is 1. The summed E-state index contributed by atoms with van der Waals surface area (Å²) in [5, 5.41) is 0. The lowest BCUT2D eigenvalue weighted by atomic mass is 9.69. The zero-order valence-corrected chi connectivity index (χ0v) is 13.0. The summed E-state index contributed by atoms with van der Waals surface area (Å²) in [5.41, 5.74) is 2.98. The molecule has 0 unspecified atom stereocenters. The van der Waals surface area contributed by atoms with Crippen LogP contribution in [-0.2, 0) is 16.6 Å². The van der Waals surface area contributed by atoms with E-state index in [0.29, 0.717) is 0 Å². The Hall–Kier alpha value is -1.51. The third-order valence-corrected chi connectivity index (χ3v) is 4.68. The van der Waals surface area contributed by atoms with Gasteiger partial charge in [-0.25, -0.2) is 0 Å². The topological polar surface area (TPSA) is 29.5 Å². The van der Waals surface area contributed by atoms with Crippen molar-refractivity contribution in [1.29, 1.82) is 0 Å². The Morgan fingerprint density at radius 3 is 2.85 bits per heavy atom. The molecule has 0 heterocycles. The number of carbonyl (C=O) groups is 1. The number of amides is 1. The molecule has 1 aromatic carbocycles. The van der Waals surface area contributed by atoms with Crippen molar-refractivity contribution in [2.24, 2.45) is 0 Å². The number of ether oxygens (including phenoxy) is 1. The summed E-state index contributed by atoms with van der Waals surface area (Å²) in [7, 11) is 3.59. The third-order valence-electron chi connectivity index (χ3n) is 4.68. The first-order valence-electron chi connectivity index (χ1n) is 7.35. The molecule has 1 atom stereocenters. The number of methoxy groups -OCH3 is 1. The number of aryl methyl sites for hydroxylation is 1. The number of hydrogen-bond acceptors (Lipinski definition) is 2. The average molecular weight is 275 g/mol. The van der Waals surface area contributed by atoms with Crippen LogP contribution in [0.4, 0.5) is 0 Å². The van der Waals surface area contributed by atoms with Crippen LogP contribution in [0.25, 0.3) is 0 Å². The monoisotopic (exact) mass is 275 g/mol. The fourth-order valence-electron chi connectivity index (χ4n) is 3.10. The summed E-state index contributed by atoms with van der Waals surface area (Å²) >= 11 is 0. The Labute approximate surface area is 121 Å². The lowest BCUT2D eigenvalue weighted by Gasteiger charge is -2.37. The van der Waals surface area contributed by atoms with E-state index in [9.17, 15) is 4.79 Å². The van der Waals surface area contributed by atoms with Gasteiger partial charge in [0.05, 0.1) is 7.11 Å². The summed E-state index contributed by atoms with van der Waals surface area (Å²) < 4.78 is 5.37. The fraction of sp³-hybridized carbons (Fsp3) is 0.588. The lowest BCUT2D eigenvalue weighted by molar-refractivity contribution is -0.127. The number of carbonyl (C=O) groups excluding carboxylic acids is 1. The zero-order chi connectivity index (χ0) is 14.8. The van der Waals surface area contributed by atoms with Gasteiger partial charge in [-0.2, -0.15) is 0 Å². The van der Waals surface area contributed by atoms with Crippen molar-refractivity contribution in [1.82, 2.24) is 4.90 Å². The second-order valence-corrected chi connectivity index (χ2v) is 6.13. The second-order valence-electron chi connectivity index (χ2n) is 6.13. The highest BCUT2D eigenvalue weighted by atomic mass is 16.5. The standard InChI is InChI=1S/C17H25NO2/c1-13(19)18(3)11-10-17(2)9-5-6-14-7-8-15(20-4)12-16(14)17/h7-8,12H,5-6,9-11H2,1-4H3/t17-/m0/s1. The number of hydrogen-bond donors (Lipinski definition) is 0. The molecule has 0 aliphatic heterocycles. The van der Waals surface area contributed by atoms with Crippen LogP contribution in [0.5, 0.6) is 5.75 Å². The van der Waals surface area contributed by atoms with Crippen LogP contribution in [0.3, 0.4) is 0 Å². The van der Waals surface area contributed by atoms with Gasteiger partial charge in [-0.3, -0.25) is 4.79 Å². The van der Waals surface area contributed by atoms with E-state index >= 15 is 0 Å². The highest BCUT2D eigenvalue weighted by molar-refractivity contribution is 5.72. The van der Waals surface area contributed by atoms with Gasteiger partial charge in [0.2, 0.25) is 5.91 Å². The molecular formula is C17H25NO2. The predicted molar refractivity (Wildman–Crippen MR) is 81.2 cm³/mol. The number of benzene rings is 1. The largest absolute Gasteiger partial charge is 0.497 e. The maximum atomic E-state index is 11.4. The maximum Gasteiger partial charge on any atom is 0.219 e. The van der Waals surface area contributed by atoms with Crippen molar-refractivity contribution >= 4 is 5.91 Å². The Morgan fingerprint density at radius 2 is 2.20 bits per heavy atom. The summed E-state index contributed by atoms with van der Waals surface area (Å²) in [5.74, 6) is 1.06. The van der Waals surface area contributed by atoms with Crippen molar-refractivity contribution in [3.63, 3.8) is 0 Å². The Bertz CT molecular complexity index is 498. The molecule has 1 amide bonds. The van der Waals surface area contributed by atoms with E-state index < -0.39 is 0 Å². The molecule has 3 nitrogen and oxygen atoms in total. The summed E-state index contributed by atoms with van der Waals surface area (Å²) in [6.45, 7) is 4.75. The highest BCUT2D eigenvalue weighted by Gasteiger charge is 2.32. The van der Waals surface area contributed by atoms with Crippen LogP contribution < -0.4 is 4.74 Å². The molecule has 1 aliphatic rings. The van der Waals surface area contributed by atoms with Crippen LogP contribution in [-0.4, -0.2) is 31.5 Å². The molecule has 0 N–H and O–H groups in total. The molecule has 0 saturated heterocycles. The number of fused-ring (bicyclic) bond motifs is 1. The molecule has 0 saturated carbocycles. The second kappa shape index (κ2) is 5.86. The van der Waals surface area contributed by atoms with Gasteiger partial charge < -0.3 is 9.64 Å². The molecule has 3 heteroatoms. The van der Waals surface area contributed by atoms with E-state index in [1.54, 1.807) is 18.9 Å². The molecular weight excluding hydrogens is 250 g/mol. The Kier molecular flexibility index (Phi) is 4.36. The zero-order valence-electron chi connectivity index (χ0n) is 13.0. The van der Waals surface area contributed by atoms with E-state index in [1.807, 2.05) is 13.1 Å². The molecule has 0 spiro atoms. The first kappa shape index (κ1) is 14.9. The summed E-state index contributed by atoms with van der Waals surface area (Å²) in [6, 6.07) is 6.43. The summed E-state index contributed by atoms with van der Waals surface area (Å²) in [4.78, 5) is 13.2. The predicted octanol–water partition coefficient (Wildman–Crippen LogP) is 3.16. The first-order valence-corrected chi connectivity index (χ1v) is 7.35. The van der Waals surface area contributed by atoms with E-state index in [-0.39, 0.29) is 11.3 Å². The van der Waals surface area contributed by atoms with Crippen molar-refractivity contribution < 1.29 is 9.53 Å². The average Bonchev–Trinajstić information content (AvgIpc) is 2.45. The molecule has 0 aromatic heterocycles. The Balaban J connectivity index is 2.22. The molecule has 20 heavy (non-hydrogen) atoms. The van der Waals surface area contributed by atoms with Crippen LogP contribution in [0.2, 0.25) is 0 Å². The van der Waals surface area contributed by atoms with E-state index in [0.717, 1.165) is 25.1 Å². The molecule has 0 fully saturated rings. The molecule has 1 aromatic rings. The molecule has 110 valence electrons. The van der Waals surface area contributed by atoms with Crippen molar-refractivity contribution in [2.45, 2.75) is 44.9 Å². The normalized spacial score (nSPS) is 21.2. The van der Waals surface area contributed by atoms with E-state index in [2.05, 4.69) is 19.1 Å². The third kappa shape index (κ3) is 2.97. The minimum Gasteiger partial charge on any atom is -0.497 e. The molecule has 0 radical (unpaired) electrons. The smallest absolute Gasteiger partial charge is 0.219 e. The maximum absolute atomic E-state index is 11.4. The van der Waals surface area contributed by atoms with Crippen molar-refractivity contribution in [2.75, 3.05) is 20.7 Å². The summed E-state index contributed by atoms with van der Waals surface area (Å²) in [6.07, 6.45) is 4.55. The van der Waals surface area contributed by atoms with Gasteiger partial charge in [-0.1, -0.05) is 13.0 Å². The number of rotatable bonds is 4. The quantitative estimate of drug-likeness (QED) is 0.844. The Morgan fingerprint density at radius 1 is 1.45 bits per heavy atom. The van der Waals surface area contributed by atoms with Crippen molar-refractivity contribution in [3.05, 3.63) is 29.3 Å². The van der Waals surface area contributed by atoms with Gasteiger partial charge >= 0.3 is 0 Å². The van der Waals surface area contributed by atoms with Crippen LogP contribution in [0, 0.1) is 0 Å². The SMILES string of the molecule is COc1ccc2c(c1)[C@](C)(CCN(C)C(C)=O)CCC2. The first-order chi connectivity index (χ1) is 9.46. The van der Waals surface area contributed by atoms with E-state index in [4.69, 9.17) is 4.74 Å².